The van der Waals surface area contributed by atoms with Crippen LogP contribution in [0.3, 0.4) is 0 Å². The van der Waals surface area contributed by atoms with Crippen molar-refractivity contribution in [2.24, 2.45) is 5.84 Å². The van der Waals surface area contributed by atoms with Gasteiger partial charge in [0.1, 0.15) is 11.6 Å². The Balaban J connectivity index is 1.85. The molecule has 110 valence electrons. The predicted octanol–water partition coefficient (Wildman–Crippen LogP) is 3.23. The van der Waals surface area contributed by atoms with Crippen LogP contribution in [-0.2, 0) is 6.42 Å². The van der Waals surface area contributed by atoms with Gasteiger partial charge in [0.05, 0.1) is 0 Å². The van der Waals surface area contributed by atoms with Crippen molar-refractivity contribution in [2.45, 2.75) is 23.3 Å². The van der Waals surface area contributed by atoms with E-state index in [0.29, 0.717) is 12.0 Å². The number of thioether (sulfide) groups is 1. The van der Waals surface area contributed by atoms with Gasteiger partial charge in [-0.05, 0) is 41.8 Å². The molecule has 0 amide bonds. The van der Waals surface area contributed by atoms with Gasteiger partial charge in [-0.3, -0.25) is 11.3 Å². The SMILES string of the molecule is NNC(Cc1cc(F)ccc1F)C1CSc2ccccc21. The van der Waals surface area contributed by atoms with Gasteiger partial charge in [-0.15, -0.1) is 11.8 Å². The van der Waals surface area contributed by atoms with E-state index in [0.717, 1.165) is 17.9 Å². The van der Waals surface area contributed by atoms with Gasteiger partial charge >= 0.3 is 0 Å². The molecular formula is C16H16F2N2S. The summed E-state index contributed by atoms with van der Waals surface area (Å²) >= 11 is 1.77. The van der Waals surface area contributed by atoms with Crippen LogP contribution in [0.15, 0.2) is 47.4 Å². The maximum Gasteiger partial charge on any atom is 0.126 e. The molecule has 0 aromatic heterocycles. The average Bonchev–Trinajstić information content (AvgIpc) is 2.92. The molecule has 2 aromatic carbocycles. The number of nitrogens with one attached hydrogen (secondary N) is 1. The molecule has 0 spiro atoms. The molecule has 21 heavy (non-hydrogen) atoms. The van der Waals surface area contributed by atoms with Gasteiger partial charge in [0, 0.05) is 22.6 Å². The van der Waals surface area contributed by atoms with Crippen molar-refractivity contribution < 1.29 is 8.78 Å². The van der Waals surface area contributed by atoms with Crippen molar-refractivity contribution >= 4 is 11.8 Å². The van der Waals surface area contributed by atoms with E-state index in [1.807, 2.05) is 12.1 Å². The number of hydrogen-bond acceptors (Lipinski definition) is 3. The Morgan fingerprint density at radius 2 is 2.05 bits per heavy atom. The van der Waals surface area contributed by atoms with Gasteiger partial charge in [-0.2, -0.15) is 0 Å². The summed E-state index contributed by atoms with van der Waals surface area (Å²) in [7, 11) is 0. The summed E-state index contributed by atoms with van der Waals surface area (Å²) in [5.74, 6) is 5.94. The lowest BCUT2D eigenvalue weighted by Gasteiger charge is -2.23. The molecule has 0 saturated carbocycles. The van der Waals surface area contributed by atoms with Gasteiger partial charge in [0.15, 0.2) is 0 Å². The molecule has 0 fully saturated rings. The fraction of sp³-hybridized carbons (Fsp3) is 0.250. The van der Waals surface area contributed by atoms with Gasteiger partial charge < -0.3 is 0 Å². The number of fused-ring (bicyclic) bond motifs is 1. The highest BCUT2D eigenvalue weighted by Gasteiger charge is 2.30. The van der Waals surface area contributed by atoms with E-state index in [9.17, 15) is 8.78 Å². The van der Waals surface area contributed by atoms with E-state index < -0.39 is 11.6 Å². The van der Waals surface area contributed by atoms with Crippen LogP contribution in [0.4, 0.5) is 8.78 Å². The third-order valence-electron chi connectivity index (χ3n) is 3.88. The maximum absolute atomic E-state index is 13.8. The minimum absolute atomic E-state index is 0.127. The Bertz CT molecular complexity index is 648. The Kier molecular flexibility index (Phi) is 4.24. The normalized spacial score (nSPS) is 18.5. The Morgan fingerprint density at radius 1 is 1.24 bits per heavy atom. The summed E-state index contributed by atoms with van der Waals surface area (Å²) in [6.45, 7) is 0. The Morgan fingerprint density at radius 3 is 2.86 bits per heavy atom. The second-order valence-corrected chi connectivity index (χ2v) is 6.23. The second kappa shape index (κ2) is 6.13. The standard InChI is InChI=1S/C16H16F2N2S/c17-11-5-6-14(18)10(7-11)8-15(20-19)13-9-21-16-4-2-1-3-12(13)16/h1-7,13,15,20H,8-9,19H2. The predicted molar refractivity (Wildman–Crippen MR) is 81.1 cm³/mol. The molecule has 2 atom stereocenters. The Hall–Kier alpha value is -1.43. The summed E-state index contributed by atoms with van der Waals surface area (Å²) in [5, 5.41) is 0. The molecule has 1 heterocycles. The molecule has 1 aliphatic rings. The van der Waals surface area contributed by atoms with Crippen molar-refractivity contribution in [3.05, 3.63) is 65.2 Å². The van der Waals surface area contributed by atoms with Crippen LogP contribution >= 0.6 is 11.8 Å². The zero-order valence-electron chi connectivity index (χ0n) is 11.4. The zero-order valence-corrected chi connectivity index (χ0v) is 12.2. The van der Waals surface area contributed by atoms with Crippen molar-refractivity contribution in [2.75, 3.05) is 5.75 Å². The minimum Gasteiger partial charge on any atom is -0.271 e. The van der Waals surface area contributed by atoms with E-state index in [1.165, 1.54) is 16.5 Å². The molecule has 5 heteroatoms. The Labute approximate surface area is 126 Å². The number of benzene rings is 2. The quantitative estimate of drug-likeness (QED) is 0.673. The highest BCUT2D eigenvalue weighted by molar-refractivity contribution is 7.99. The van der Waals surface area contributed by atoms with Gasteiger partial charge in [-0.25, -0.2) is 8.78 Å². The molecule has 2 nitrogen and oxygen atoms in total. The number of hydrogen-bond donors (Lipinski definition) is 2. The molecule has 0 saturated heterocycles. The summed E-state index contributed by atoms with van der Waals surface area (Å²) in [5.41, 5.74) is 4.36. The molecular weight excluding hydrogens is 290 g/mol. The molecule has 0 aliphatic carbocycles. The van der Waals surface area contributed by atoms with Crippen molar-refractivity contribution in [3.8, 4) is 0 Å². The number of nitrogens with two attached hydrogens (primary N) is 1. The lowest BCUT2D eigenvalue weighted by atomic mass is 9.89. The topological polar surface area (TPSA) is 38.0 Å². The van der Waals surface area contributed by atoms with Crippen molar-refractivity contribution in [1.29, 1.82) is 0 Å². The van der Waals surface area contributed by atoms with Crippen LogP contribution in [0, 0.1) is 11.6 Å². The summed E-state index contributed by atoms with van der Waals surface area (Å²) in [6.07, 6.45) is 0.361. The smallest absolute Gasteiger partial charge is 0.126 e. The van der Waals surface area contributed by atoms with Crippen LogP contribution in [0.2, 0.25) is 0 Å². The van der Waals surface area contributed by atoms with E-state index in [1.54, 1.807) is 11.8 Å². The van der Waals surface area contributed by atoms with Crippen LogP contribution < -0.4 is 11.3 Å². The molecule has 1 aliphatic heterocycles. The van der Waals surface area contributed by atoms with E-state index >= 15 is 0 Å². The maximum atomic E-state index is 13.8. The molecule has 0 bridgehead atoms. The molecule has 2 unspecified atom stereocenters. The third-order valence-corrected chi connectivity index (χ3v) is 5.09. The molecule has 3 N–H and O–H groups in total. The van der Waals surface area contributed by atoms with E-state index in [4.69, 9.17) is 5.84 Å². The number of rotatable bonds is 4. The van der Waals surface area contributed by atoms with Gasteiger partial charge in [0.25, 0.3) is 0 Å². The molecule has 2 aromatic rings. The lowest BCUT2D eigenvalue weighted by molar-refractivity contribution is 0.452. The largest absolute Gasteiger partial charge is 0.271 e. The van der Waals surface area contributed by atoms with Crippen LogP contribution in [0.1, 0.15) is 17.0 Å². The molecule has 0 radical (unpaired) electrons. The van der Waals surface area contributed by atoms with E-state index in [2.05, 4.69) is 17.6 Å². The fourth-order valence-corrected chi connectivity index (χ4v) is 4.11. The monoisotopic (exact) mass is 306 g/mol. The molecule has 3 rings (SSSR count). The first-order valence-electron chi connectivity index (χ1n) is 6.81. The van der Waals surface area contributed by atoms with Crippen molar-refractivity contribution in [1.82, 2.24) is 5.43 Å². The fourth-order valence-electron chi connectivity index (χ4n) is 2.77. The van der Waals surface area contributed by atoms with Gasteiger partial charge in [0.2, 0.25) is 0 Å². The van der Waals surface area contributed by atoms with E-state index in [-0.39, 0.29) is 12.0 Å². The first kappa shape index (κ1) is 14.5. The van der Waals surface area contributed by atoms with Crippen LogP contribution in [0.5, 0.6) is 0 Å². The second-order valence-electron chi connectivity index (χ2n) is 5.17. The van der Waals surface area contributed by atoms with Gasteiger partial charge in [-0.1, -0.05) is 18.2 Å². The summed E-state index contributed by atoms with van der Waals surface area (Å²) < 4.78 is 27.1. The number of hydrazine groups is 1. The average molecular weight is 306 g/mol. The third kappa shape index (κ3) is 2.95. The summed E-state index contributed by atoms with van der Waals surface area (Å²) in [6, 6.07) is 11.6. The minimum atomic E-state index is -0.427. The first-order valence-corrected chi connectivity index (χ1v) is 7.79. The highest BCUT2D eigenvalue weighted by Crippen LogP contribution is 2.41. The lowest BCUT2D eigenvalue weighted by Crippen LogP contribution is -2.41. The zero-order chi connectivity index (χ0) is 14.8. The van der Waals surface area contributed by atoms with Crippen molar-refractivity contribution in [3.63, 3.8) is 0 Å². The highest BCUT2D eigenvalue weighted by atomic mass is 32.2. The first-order chi connectivity index (χ1) is 10.2. The van der Waals surface area contributed by atoms with Crippen LogP contribution in [0.25, 0.3) is 0 Å². The number of halogens is 2. The van der Waals surface area contributed by atoms with Crippen LogP contribution in [-0.4, -0.2) is 11.8 Å². The summed E-state index contributed by atoms with van der Waals surface area (Å²) in [4.78, 5) is 1.24.